The van der Waals surface area contributed by atoms with Crippen LogP contribution in [-0.4, -0.2) is 26.4 Å². The normalized spacial score (nSPS) is 10.6. The molecular formula is C11H8ClFN2O3. The highest BCUT2D eigenvalue weighted by atomic mass is 35.5. The minimum Gasteiger partial charge on any atom is -0.506 e. The van der Waals surface area contributed by atoms with E-state index in [0.29, 0.717) is 0 Å². The van der Waals surface area contributed by atoms with Crippen LogP contribution in [-0.2, 0) is 0 Å². The lowest BCUT2D eigenvalue weighted by Gasteiger charge is -2.08. The van der Waals surface area contributed by atoms with Gasteiger partial charge in [-0.1, -0.05) is 11.6 Å². The quantitative estimate of drug-likeness (QED) is 0.783. The molecule has 0 spiro atoms. The van der Waals surface area contributed by atoms with Crippen molar-refractivity contribution in [2.24, 2.45) is 0 Å². The number of aromatic amines is 1. The maximum atomic E-state index is 13.5. The Morgan fingerprint density at radius 3 is 2.72 bits per heavy atom. The van der Waals surface area contributed by atoms with E-state index in [1.54, 1.807) is 0 Å². The van der Waals surface area contributed by atoms with Crippen LogP contribution in [0.3, 0.4) is 0 Å². The van der Waals surface area contributed by atoms with Gasteiger partial charge < -0.3 is 10.2 Å². The molecule has 18 heavy (non-hydrogen) atoms. The van der Waals surface area contributed by atoms with Gasteiger partial charge in [-0.15, -0.1) is 0 Å². The molecule has 0 unspecified atom stereocenters. The molecule has 2 rings (SSSR count). The highest BCUT2D eigenvalue weighted by molar-refractivity contribution is 6.32. The summed E-state index contributed by atoms with van der Waals surface area (Å²) < 4.78 is 13.5. The summed E-state index contributed by atoms with van der Waals surface area (Å²) in [4.78, 5) is 10.7. The number of rotatable bonds is 2. The maximum Gasteiger partial charge on any atom is 0.353 e. The van der Waals surface area contributed by atoms with Gasteiger partial charge in [0.05, 0.1) is 16.3 Å². The number of carboxylic acid groups (broad SMARTS) is 1. The zero-order valence-electron chi connectivity index (χ0n) is 9.16. The molecule has 94 valence electrons. The number of carbonyl (C=O) groups is 1. The number of hydrogen-bond acceptors (Lipinski definition) is 3. The van der Waals surface area contributed by atoms with Crippen molar-refractivity contribution in [2.75, 3.05) is 0 Å². The first-order chi connectivity index (χ1) is 8.41. The smallest absolute Gasteiger partial charge is 0.353 e. The molecule has 1 aromatic carbocycles. The summed E-state index contributed by atoms with van der Waals surface area (Å²) in [6, 6.07) is 2.18. The van der Waals surface area contributed by atoms with Crippen molar-refractivity contribution in [2.45, 2.75) is 6.92 Å². The summed E-state index contributed by atoms with van der Waals surface area (Å²) in [7, 11) is 0. The monoisotopic (exact) mass is 270 g/mol. The van der Waals surface area contributed by atoms with Gasteiger partial charge in [-0.05, 0) is 24.6 Å². The number of hydrogen-bond donors (Lipinski definition) is 3. The van der Waals surface area contributed by atoms with Crippen molar-refractivity contribution in [3.8, 4) is 17.0 Å². The molecule has 0 saturated heterocycles. The van der Waals surface area contributed by atoms with Crippen molar-refractivity contribution < 1.29 is 19.4 Å². The Kier molecular flexibility index (Phi) is 2.96. The Morgan fingerprint density at radius 2 is 2.17 bits per heavy atom. The van der Waals surface area contributed by atoms with Crippen LogP contribution in [0.5, 0.6) is 5.75 Å². The van der Waals surface area contributed by atoms with Gasteiger partial charge in [0, 0.05) is 0 Å². The van der Waals surface area contributed by atoms with Crippen LogP contribution in [0.25, 0.3) is 11.3 Å². The molecule has 0 radical (unpaired) electrons. The van der Waals surface area contributed by atoms with Gasteiger partial charge in [-0.2, -0.15) is 5.10 Å². The summed E-state index contributed by atoms with van der Waals surface area (Å²) in [5, 5.41) is 24.4. The second kappa shape index (κ2) is 4.30. The molecule has 0 amide bonds. The zero-order valence-corrected chi connectivity index (χ0v) is 9.92. The highest BCUT2D eigenvalue weighted by Gasteiger charge is 2.19. The summed E-state index contributed by atoms with van der Waals surface area (Å²) >= 11 is 5.67. The number of phenolic OH excluding ortho intramolecular Hbond substituents is 1. The van der Waals surface area contributed by atoms with Crippen molar-refractivity contribution in [3.05, 3.63) is 34.2 Å². The number of benzene rings is 1. The number of halogens is 2. The van der Waals surface area contributed by atoms with Crippen LogP contribution in [0, 0.1) is 12.7 Å². The third kappa shape index (κ3) is 1.91. The van der Waals surface area contributed by atoms with Gasteiger partial charge in [0.25, 0.3) is 0 Å². The average Bonchev–Trinajstić information content (AvgIpc) is 2.76. The number of H-pyrrole nitrogens is 1. The van der Waals surface area contributed by atoms with Crippen LogP contribution < -0.4 is 0 Å². The number of aromatic carboxylic acids is 1. The molecule has 0 saturated carbocycles. The molecule has 0 atom stereocenters. The van der Waals surface area contributed by atoms with E-state index < -0.39 is 11.8 Å². The summed E-state index contributed by atoms with van der Waals surface area (Å²) in [6.45, 7) is 1.44. The fourth-order valence-electron chi connectivity index (χ4n) is 1.58. The Labute approximate surface area is 106 Å². The van der Waals surface area contributed by atoms with Crippen molar-refractivity contribution >= 4 is 17.6 Å². The van der Waals surface area contributed by atoms with E-state index in [2.05, 4.69) is 10.2 Å². The summed E-state index contributed by atoms with van der Waals surface area (Å²) in [5.74, 6) is -2.14. The molecule has 1 heterocycles. The average molecular weight is 271 g/mol. The molecule has 0 fully saturated rings. The molecule has 2 aromatic rings. The molecule has 0 aliphatic carbocycles. The molecule has 1 aromatic heterocycles. The van der Waals surface area contributed by atoms with E-state index in [4.69, 9.17) is 16.7 Å². The second-order valence-corrected chi connectivity index (χ2v) is 4.07. The van der Waals surface area contributed by atoms with Gasteiger partial charge in [0.2, 0.25) is 0 Å². The molecule has 0 bridgehead atoms. The lowest BCUT2D eigenvalue weighted by molar-refractivity contribution is 0.0690. The Morgan fingerprint density at radius 1 is 1.50 bits per heavy atom. The SMILES string of the molecule is Cc1c(F)cc(Cl)c(O)c1-c1cc(C(=O)O)[nH]n1. The number of nitrogens with zero attached hydrogens (tertiary/aromatic N) is 1. The molecule has 0 aliphatic heterocycles. The second-order valence-electron chi connectivity index (χ2n) is 3.66. The molecular weight excluding hydrogens is 263 g/mol. The Hall–Kier alpha value is -2.08. The van der Waals surface area contributed by atoms with E-state index in [-0.39, 0.29) is 33.3 Å². The van der Waals surface area contributed by atoms with E-state index in [1.807, 2.05) is 0 Å². The van der Waals surface area contributed by atoms with Crippen LogP contribution in [0.15, 0.2) is 12.1 Å². The molecule has 0 aliphatic rings. The van der Waals surface area contributed by atoms with E-state index in [9.17, 15) is 14.3 Å². The van der Waals surface area contributed by atoms with Gasteiger partial charge in [-0.25, -0.2) is 9.18 Å². The number of carboxylic acids is 1. The van der Waals surface area contributed by atoms with E-state index in [0.717, 1.165) is 6.07 Å². The van der Waals surface area contributed by atoms with Crippen LogP contribution in [0.4, 0.5) is 4.39 Å². The predicted molar refractivity (Wildman–Crippen MR) is 62.4 cm³/mol. The fourth-order valence-corrected chi connectivity index (χ4v) is 1.77. The Bertz CT molecular complexity index is 613. The van der Waals surface area contributed by atoms with Gasteiger partial charge >= 0.3 is 5.97 Å². The van der Waals surface area contributed by atoms with Gasteiger partial charge in [0.1, 0.15) is 17.3 Å². The Balaban J connectivity index is 2.66. The maximum absolute atomic E-state index is 13.5. The standard InChI is InChI=1S/C11H8ClFN2O3/c1-4-6(13)2-5(12)10(16)9(4)7-3-8(11(17)18)15-14-7/h2-3,16H,1H3,(H,14,15)(H,17,18). The fraction of sp³-hybridized carbons (Fsp3) is 0.0909. The number of phenols is 1. The van der Waals surface area contributed by atoms with E-state index >= 15 is 0 Å². The van der Waals surface area contributed by atoms with Crippen molar-refractivity contribution in [3.63, 3.8) is 0 Å². The lowest BCUT2D eigenvalue weighted by Crippen LogP contribution is -1.95. The topological polar surface area (TPSA) is 86.2 Å². The van der Waals surface area contributed by atoms with E-state index in [1.165, 1.54) is 13.0 Å². The summed E-state index contributed by atoms with van der Waals surface area (Å²) in [5.41, 5.74) is 0.164. The number of aromatic nitrogens is 2. The van der Waals surface area contributed by atoms with Crippen molar-refractivity contribution in [1.29, 1.82) is 0 Å². The minimum absolute atomic E-state index is 0.0729. The third-order valence-corrected chi connectivity index (χ3v) is 2.80. The molecule has 3 N–H and O–H groups in total. The lowest BCUT2D eigenvalue weighted by atomic mass is 10.0. The van der Waals surface area contributed by atoms with Gasteiger partial charge in [-0.3, -0.25) is 5.10 Å². The predicted octanol–water partition coefficient (Wildman–Crippen LogP) is 2.58. The first-order valence-electron chi connectivity index (χ1n) is 4.88. The minimum atomic E-state index is -1.20. The summed E-state index contributed by atoms with van der Waals surface area (Å²) in [6.07, 6.45) is 0. The highest BCUT2D eigenvalue weighted by Crippen LogP contribution is 2.38. The van der Waals surface area contributed by atoms with Crippen LogP contribution >= 0.6 is 11.6 Å². The number of aromatic hydroxyl groups is 1. The zero-order chi connectivity index (χ0) is 13.4. The van der Waals surface area contributed by atoms with Crippen molar-refractivity contribution in [1.82, 2.24) is 10.2 Å². The van der Waals surface area contributed by atoms with Crippen LogP contribution in [0.2, 0.25) is 5.02 Å². The molecule has 5 nitrogen and oxygen atoms in total. The first-order valence-corrected chi connectivity index (χ1v) is 5.26. The largest absolute Gasteiger partial charge is 0.506 e. The third-order valence-electron chi connectivity index (χ3n) is 2.51. The molecule has 7 heteroatoms. The van der Waals surface area contributed by atoms with Gasteiger partial charge in [0.15, 0.2) is 0 Å². The first kappa shape index (κ1) is 12.4. The number of nitrogens with one attached hydrogen (secondary N) is 1. The van der Waals surface area contributed by atoms with Crippen LogP contribution in [0.1, 0.15) is 16.1 Å².